The second kappa shape index (κ2) is 56.9. The van der Waals surface area contributed by atoms with Crippen molar-refractivity contribution in [3.05, 3.63) is 24.3 Å². The lowest BCUT2D eigenvalue weighted by atomic mass is 10.0. The molecule has 0 aromatic carbocycles. The molecule has 0 saturated heterocycles. The van der Waals surface area contributed by atoms with Gasteiger partial charge >= 0.3 is 5.97 Å². The van der Waals surface area contributed by atoms with Crippen molar-refractivity contribution in [2.45, 2.75) is 341 Å². The Kier molecular flexibility index (Phi) is 55.5. The summed E-state index contributed by atoms with van der Waals surface area (Å²) in [6, 6.07) is -0.548. The summed E-state index contributed by atoms with van der Waals surface area (Å²) in [6.45, 7) is 4.95. The van der Waals surface area contributed by atoms with E-state index in [1.54, 1.807) is 0 Å². The van der Waals surface area contributed by atoms with Gasteiger partial charge in [-0.1, -0.05) is 263 Å². The Balaban J connectivity index is 3.43. The van der Waals surface area contributed by atoms with Gasteiger partial charge in [0.05, 0.1) is 25.4 Å². The average Bonchev–Trinajstić information content (AvgIpc) is 3.33. The molecule has 0 aliphatic rings. The van der Waals surface area contributed by atoms with E-state index in [0.717, 1.165) is 44.9 Å². The van der Waals surface area contributed by atoms with Crippen molar-refractivity contribution in [2.75, 3.05) is 13.2 Å². The number of aliphatic hydroxyl groups excluding tert-OH is 2. The first-order chi connectivity index (χ1) is 33.0. The summed E-state index contributed by atoms with van der Waals surface area (Å²) in [4.78, 5) is 24.5. The normalized spacial score (nSPS) is 12.7. The van der Waals surface area contributed by atoms with E-state index in [0.29, 0.717) is 25.9 Å². The van der Waals surface area contributed by atoms with E-state index in [9.17, 15) is 19.8 Å². The Hall–Kier alpha value is -1.66. The topological polar surface area (TPSA) is 95.9 Å². The number of ether oxygens (including phenoxy) is 1. The monoisotopic (exact) mass is 944 g/mol. The van der Waals surface area contributed by atoms with Gasteiger partial charge in [0.2, 0.25) is 5.91 Å². The van der Waals surface area contributed by atoms with Gasteiger partial charge in [-0.3, -0.25) is 9.59 Å². The molecule has 0 aliphatic heterocycles. The lowest BCUT2D eigenvalue weighted by Gasteiger charge is -2.22. The number of rotatable bonds is 56. The average molecular weight is 945 g/mol. The van der Waals surface area contributed by atoms with Crippen molar-refractivity contribution in [3.63, 3.8) is 0 Å². The van der Waals surface area contributed by atoms with Gasteiger partial charge in [-0.05, 0) is 77.0 Å². The van der Waals surface area contributed by atoms with Crippen LogP contribution in [0.25, 0.3) is 0 Å². The highest BCUT2D eigenvalue weighted by molar-refractivity contribution is 5.76. The largest absolute Gasteiger partial charge is 0.466 e. The summed E-state index contributed by atoms with van der Waals surface area (Å²) in [7, 11) is 0. The Morgan fingerprint density at radius 2 is 0.701 bits per heavy atom. The molecule has 0 rings (SSSR count). The van der Waals surface area contributed by atoms with Crippen LogP contribution in [0.5, 0.6) is 0 Å². The van der Waals surface area contributed by atoms with E-state index >= 15 is 0 Å². The maximum absolute atomic E-state index is 12.5. The van der Waals surface area contributed by atoms with Crippen molar-refractivity contribution in [3.8, 4) is 0 Å². The zero-order valence-electron chi connectivity index (χ0n) is 45.1. The highest BCUT2D eigenvalue weighted by Gasteiger charge is 2.20. The molecular formula is C61H117NO5. The number of nitrogens with one attached hydrogen (secondary N) is 1. The quantitative estimate of drug-likeness (QED) is 0.0321. The van der Waals surface area contributed by atoms with Crippen molar-refractivity contribution < 1.29 is 24.5 Å². The molecule has 0 aliphatic carbocycles. The number of carbonyl (C=O) groups is 2. The number of esters is 1. The molecule has 0 radical (unpaired) electrons. The molecule has 3 N–H and O–H groups in total. The van der Waals surface area contributed by atoms with Gasteiger partial charge in [0.15, 0.2) is 0 Å². The summed E-state index contributed by atoms with van der Waals surface area (Å²) >= 11 is 0. The maximum Gasteiger partial charge on any atom is 0.305 e. The summed E-state index contributed by atoms with van der Waals surface area (Å²) in [5, 5.41) is 23.3. The highest BCUT2D eigenvalue weighted by atomic mass is 16.5. The van der Waals surface area contributed by atoms with E-state index in [1.807, 2.05) is 0 Å². The third-order valence-corrected chi connectivity index (χ3v) is 14.0. The van der Waals surface area contributed by atoms with Crippen LogP contribution in [0.4, 0.5) is 0 Å². The lowest BCUT2D eigenvalue weighted by Crippen LogP contribution is -2.45. The molecule has 0 heterocycles. The van der Waals surface area contributed by atoms with Gasteiger partial charge in [-0.25, -0.2) is 0 Å². The highest BCUT2D eigenvalue weighted by Crippen LogP contribution is 2.17. The zero-order chi connectivity index (χ0) is 48.6. The Morgan fingerprint density at radius 1 is 0.403 bits per heavy atom. The van der Waals surface area contributed by atoms with Crippen LogP contribution < -0.4 is 5.32 Å². The number of carbonyl (C=O) groups excluding carboxylic acids is 2. The molecule has 0 fully saturated rings. The molecule has 67 heavy (non-hydrogen) atoms. The first-order valence-corrected chi connectivity index (χ1v) is 30.1. The first-order valence-electron chi connectivity index (χ1n) is 30.1. The Morgan fingerprint density at radius 3 is 1.06 bits per heavy atom. The fourth-order valence-electron chi connectivity index (χ4n) is 9.34. The predicted molar refractivity (Wildman–Crippen MR) is 292 cm³/mol. The van der Waals surface area contributed by atoms with Gasteiger partial charge in [-0.15, -0.1) is 0 Å². The number of hydrogen-bond donors (Lipinski definition) is 3. The maximum atomic E-state index is 12.5. The second-order valence-electron chi connectivity index (χ2n) is 20.7. The van der Waals surface area contributed by atoms with Crippen molar-refractivity contribution in [2.24, 2.45) is 0 Å². The standard InChI is InChI=1S/C61H117NO5/c1-3-5-7-9-11-13-15-17-19-26-29-33-37-41-45-49-53-59(64)58(57-63)62-60(65)54-50-46-42-38-34-30-27-24-22-20-21-23-25-28-32-36-40-44-48-52-56-67-61(66)55-51-47-43-39-35-31-18-16-14-12-10-8-6-4-2/h16,18,20,22,58-59,63-64H,3-15,17,19,21,23-57H2,1-2H3,(H,62,65)/b18-16-,22-20-. The summed E-state index contributed by atoms with van der Waals surface area (Å²) in [5.41, 5.74) is 0. The van der Waals surface area contributed by atoms with Gasteiger partial charge in [-0.2, -0.15) is 0 Å². The van der Waals surface area contributed by atoms with Crippen LogP contribution >= 0.6 is 0 Å². The SMILES string of the molecule is CCCCCCC/C=C\CCCCCCCC(=O)OCCCCCCCCCCC/C=C\CCCCCCCCCC(=O)NC(CO)C(O)CCCCCCCCCCCCCCCCCC. The summed E-state index contributed by atoms with van der Waals surface area (Å²) < 4.78 is 5.47. The molecule has 0 bridgehead atoms. The van der Waals surface area contributed by atoms with Crippen molar-refractivity contribution >= 4 is 11.9 Å². The van der Waals surface area contributed by atoms with Gasteiger partial charge in [0.1, 0.15) is 0 Å². The van der Waals surface area contributed by atoms with Crippen molar-refractivity contribution in [1.29, 1.82) is 0 Å². The second-order valence-corrected chi connectivity index (χ2v) is 20.7. The molecule has 1 amide bonds. The van der Waals surface area contributed by atoms with E-state index in [2.05, 4.69) is 43.5 Å². The van der Waals surface area contributed by atoms with Crippen LogP contribution in [0, 0.1) is 0 Å². The smallest absolute Gasteiger partial charge is 0.305 e. The van der Waals surface area contributed by atoms with E-state index in [-0.39, 0.29) is 18.5 Å². The molecule has 6 heteroatoms. The number of allylic oxidation sites excluding steroid dienone is 4. The van der Waals surface area contributed by atoms with Gasteiger partial charge in [0.25, 0.3) is 0 Å². The summed E-state index contributed by atoms with van der Waals surface area (Å²) in [5.74, 6) is -0.0439. The number of aliphatic hydroxyl groups is 2. The first kappa shape index (κ1) is 65.3. The van der Waals surface area contributed by atoms with Crippen molar-refractivity contribution in [1.82, 2.24) is 5.32 Å². The fraction of sp³-hybridized carbons (Fsp3) is 0.902. The molecule has 2 atom stereocenters. The van der Waals surface area contributed by atoms with Crippen LogP contribution in [0.1, 0.15) is 328 Å². The van der Waals surface area contributed by atoms with Gasteiger partial charge in [0, 0.05) is 12.8 Å². The molecule has 0 saturated carbocycles. The van der Waals surface area contributed by atoms with E-state index in [1.165, 1.54) is 250 Å². The van der Waals surface area contributed by atoms with Crippen LogP contribution in [-0.4, -0.2) is 47.4 Å². The number of hydrogen-bond acceptors (Lipinski definition) is 5. The molecule has 396 valence electrons. The molecule has 0 aromatic heterocycles. The van der Waals surface area contributed by atoms with E-state index < -0.39 is 12.1 Å². The lowest BCUT2D eigenvalue weighted by molar-refractivity contribution is -0.143. The minimum atomic E-state index is -0.670. The fourth-order valence-corrected chi connectivity index (χ4v) is 9.34. The van der Waals surface area contributed by atoms with Crippen LogP contribution in [-0.2, 0) is 14.3 Å². The molecule has 0 aromatic rings. The summed E-state index contributed by atoms with van der Waals surface area (Å²) in [6.07, 6.45) is 68.9. The molecule has 2 unspecified atom stereocenters. The third kappa shape index (κ3) is 53.5. The van der Waals surface area contributed by atoms with Crippen LogP contribution in [0.2, 0.25) is 0 Å². The van der Waals surface area contributed by atoms with Crippen LogP contribution in [0.15, 0.2) is 24.3 Å². The Labute approximate surface area is 418 Å². The van der Waals surface area contributed by atoms with E-state index in [4.69, 9.17) is 4.74 Å². The molecule has 6 nitrogen and oxygen atoms in total. The number of amides is 1. The Bertz CT molecular complexity index is 1040. The number of unbranched alkanes of at least 4 members (excludes halogenated alkanes) is 41. The molecular weight excluding hydrogens is 827 g/mol. The van der Waals surface area contributed by atoms with Crippen LogP contribution in [0.3, 0.4) is 0 Å². The molecule has 0 spiro atoms. The minimum Gasteiger partial charge on any atom is -0.466 e. The zero-order valence-corrected chi connectivity index (χ0v) is 45.1. The van der Waals surface area contributed by atoms with Gasteiger partial charge < -0.3 is 20.3 Å². The predicted octanol–water partition coefficient (Wildman–Crippen LogP) is 18.6. The minimum absolute atomic E-state index is 0.00199. The third-order valence-electron chi connectivity index (χ3n) is 14.0.